The molecule has 0 bridgehead atoms. The van der Waals surface area contributed by atoms with E-state index in [1.807, 2.05) is 6.07 Å². The van der Waals surface area contributed by atoms with Crippen molar-refractivity contribution in [2.75, 3.05) is 13.1 Å². The Morgan fingerprint density at radius 3 is 2.72 bits per heavy atom. The van der Waals surface area contributed by atoms with Gasteiger partial charge in [0, 0.05) is 19.1 Å². The molecule has 18 heavy (non-hydrogen) atoms. The molecule has 0 spiro atoms. The summed E-state index contributed by atoms with van der Waals surface area (Å²) in [5.74, 6) is 0. The van der Waals surface area contributed by atoms with Gasteiger partial charge in [0.2, 0.25) is 0 Å². The molecule has 100 valence electrons. The molecule has 3 nitrogen and oxygen atoms in total. The first kappa shape index (κ1) is 13.5. The van der Waals surface area contributed by atoms with Crippen LogP contribution in [-0.4, -0.2) is 34.7 Å². The Morgan fingerprint density at radius 1 is 1.39 bits per heavy atom. The Hall–Kier alpha value is -0.900. The van der Waals surface area contributed by atoms with Crippen LogP contribution in [0, 0.1) is 0 Å². The summed E-state index contributed by atoms with van der Waals surface area (Å²) >= 11 is 0. The van der Waals surface area contributed by atoms with Crippen LogP contribution >= 0.6 is 0 Å². The van der Waals surface area contributed by atoms with Gasteiger partial charge in [-0.3, -0.25) is 4.90 Å². The fourth-order valence-electron chi connectivity index (χ4n) is 3.13. The molecule has 1 fully saturated rings. The third-order valence-electron chi connectivity index (χ3n) is 4.08. The van der Waals surface area contributed by atoms with E-state index in [4.69, 9.17) is 5.73 Å². The minimum Gasteiger partial charge on any atom is -0.387 e. The van der Waals surface area contributed by atoms with E-state index in [1.165, 1.54) is 5.56 Å². The predicted molar refractivity (Wildman–Crippen MR) is 74.2 cm³/mol. The fraction of sp³-hybridized carbons (Fsp3) is 0.600. The summed E-state index contributed by atoms with van der Waals surface area (Å²) in [5.41, 5.74) is 6.38. The first-order valence-electron chi connectivity index (χ1n) is 6.90. The normalized spacial score (nSPS) is 29.4. The van der Waals surface area contributed by atoms with Crippen molar-refractivity contribution in [1.82, 2.24) is 4.90 Å². The summed E-state index contributed by atoms with van der Waals surface area (Å²) in [4.78, 5) is 2.38. The lowest BCUT2D eigenvalue weighted by Gasteiger charge is -2.46. The Bertz CT molecular complexity index is 368. The van der Waals surface area contributed by atoms with Gasteiger partial charge in [-0.2, -0.15) is 0 Å². The van der Waals surface area contributed by atoms with E-state index in [2.05, 4.69) is 36.1 Å². The molecule has 1 aliphatic rings. The summed E-state index contributed by atoms with van der Waals surface area (Å²) in [6.45, 7) is 4.45. The predicted octanol–water partition coefficient (Wildman–Crippen LogP) is 1.75. The molecule has 1 aromatic carbocycles. The minimum absolute atomic E-state index is 0.177. The molecular weight excluding hydrogens is 224 g/mol. The maximum atomic E-state index is 10.6. The number of aliphatic hydroxyl groups is 1. The van der Waals surface area contributed by atoms with Crippen molar-refractivity contribution in [3.63, 3.8) is 0 Å². The molecule has 1 aromatic rings. The quantitative estimate of drug-likeness (QED) is 0.853. The summed E-state index contributed by atoms with van der Waals surface area (Å²) in [7, 11) is 0. The maximum absolute atomic E-state index is 10.6. The van der Waals surface area contributed by atoms with Gasteiger partial charge in [-0.05, 0) is 31.4 Å². The van der Waals surface area contributed by atoms with E-state index in [0.717, 1.165) is 32.4 Å². The Labute approximate surface area is 110 Å². The van der Waals surface area contributed by atoms with Crippen LogP contribution in [0.5, 0.6) is 0 Å². The molecule has 0 aliphatic carbocycles. The third kappa shape index (κ3) is 2.74. The SMILES string of the molecule is CCC1N(Cc2ccccc2)CCCC1(O)CN. The number of rotatable bonds is 4. The van der Waals surface area contributed by atoms with Crippen molar-refractivity contribution in [1.29, 1.82) is 0 Å². The van der Waals surface area contributed by atoms with Gasteiger partial charge in [0.25, 0.3) is 0 Å². The molecule has 2 rings (SSSR count). The van der Waals surface area contributed by atoms with Gasteiger partial charge >= 0.3 is 0 Å². The topological polar surface area (TPSA) is 49.5 Å². The molecule has 0 amide bonds. The fourth-order valence-corrected chi connectivity index (χ4v) is 3.13. The number of benzene rings is 1. The molecule has 3 heteroatoms. The van der Waals surface area contributed by atoms with Gasteiger partial charge in [0.15, 0.2) is 0 Å². The largest absolute Gasteiger partial charge is 0.387 e. The van der Waals surface area contributed by atoms with Gasteiger partial charge in [0.05, 0.1) is 5.60 Å². The van der Waals surface area contributed by atoms with Crippen LogP contribution in [0.15, 0.2) is 30.3 Å². The van der Waals surface area contributed by atoms with Gasteiger partial charge in [0.1, 0.15) is 0 Å². The van der Waals surface area contributed by atoms with Crippen LogP contribution in [0.25, 0.3) is 0 Å². The average Bonchev–Trinajstić information content (AvgIpc) is 2.40. The van der Waals surface area contributed by atoms with E-state index in [0.29, 0.717) is 6.54 Å². The molecule has 1 saturated heterocycles. The van der Waals surface area contributed by atoms with Crippen LogP contribution in [0.1, 0.15) is 31.7 Å². The molecule has 3 N–H and O–H groups in total. The van der Waals surface area contributed by atoms with Crippen LogP contribution in [0.3, 0.4) is 0 Å². The zero-order valence-corrected chi connectivity index (χ0v) is 11.2. The lowest BCUT2D eigenvalue weighted by molar-refractivity contribution is -0.0784. The number of nitrogens with zero attached hydrogens (tertiary/aromatic N) is 1. The highest BCUT2D eigenvalue weighted by molar-refractivity contribution is 5.15. The highest BCUT2D eigenvalue weighted by atomic mass is 16.3. The second-order valence-electron chi connectivity index (χ2n) is 5.29. The monoisotopic (exact) mass is 248 g/mol. The first-order valence-corrected chi connectivity index (χ1v) is 6.90. The number of nitrogens with two attached hydrogens (primary N) is 1. The van der Waals surface area contributed by atoms with Crippen LogP contribution in [0.2, 0.25) is 0 Å². The van der Waals surface area contributed by atoms with E-state index < -0.39 is 5.60 Å². The number of hydrogen-bond donors (Lipinski definition) is 2. The van der Waals surface area contributed by atoms with Crippen molar-refractivity contribution in [3.8, 4) is 0 Å². The minimum atomic E-state index is -0.707. The van der Waals surface area contributed by atoms with Gasteiger partial charge < -0.3 is 10.8 Å². The first-order chi connectivity index (χ1) is 8.69. The zero-order chi connectivity index (χ0) is 13.0. The van der Waals surface area contributed by atoms with Crippen molar-refractivity contribution in [3.05, 3.63) is 35.9 Å². The summed E-state index contributed by atoms with van der Waals surface area (Å²) < 4.78 is 0. The van der Waals surface area contributed by atoms with E-state index in [1.54, 1.807) is 0 Å². The lowest BCUT2D eigenvalue weighted by atomic mass is 9.82. The standard InChI is InChI=1S/C15H24N2O/c1-2-14-15(18,12-16)9-6-10-17(14)11-13-7-4-3-5-8-13/h3-5,7-8,14,18H,2,6,9-12,16H2,1H3. The molecule has 0 aromatic heterocycles. The summed E-state index contributed by atoms with van der Waals surface area (Å²) in [5, 5.41) is 10.6. The third-order valence-corrected chi connectivity index (χ3v) is 4.08. The summed E-state index contributed by atoms with van der Waals surface area (Å²) in [6.07, 6.45) is 2.80. The van der Waals surface area contributed by atoms with Gasteiger partial charge in [-0.15, -0.1) is 0 Å². The molecule has 1 aliphatic heterocycles. The molecule has 2 unspecified atom stereocenters. The van der Waals surface area contributed by atoms with Crippen LogP contribution in [0.4, 0.5) is 0 Å². The lowest BCUT2D eigenvalue weighted by Crippen LogP contribution is -2.59. The second-order valence-corrected chi connectivity index (χ2v) is 5.29. The number of hydrogen-bond acceptors (Lipinski definition) is 3. The van der Waals surface area contributed by atoms with Crippen molar-refractivity contribution in [2.45, 2.75) is 44.4 Å². The smallest absolute Gasteiger partial charge is 0.0924 e. The summed E-state index contributed by atoms with van der Waals surface area (Å²) in [6, 6.07) is 10.6. The van der Waals surface area contributed by atoms with Crippen molar-refractivity contribution in [2.24, 2.45) is 5.73 Å². The Morgan fingerprint density at radius 2 is 2.11 bits per heavy atom. The Kier molecular flexibility index (Phi) is 4.38. The van der Waals surface area contributed by atoms with Gasteiger partial charge in [-0.25, -0.2) is 0 Å². The highest BCUT2D eigenvalue weighted by Gasteiger charge is 2.40. The molecular formula is C15H24N2O. The number of likely N-dealkylation sites (tertiary alicyclic amines) is 1. The van der Waals surface area contributed by atoms with E-state index >= 15 is 0 Å². The van der Waals surface area contributed by atoms with E-state index in [-0.39, 0.29) is 6.04 Å². The molecule has 2 atom stereocenters. The molecule has 1 heterocycles. The number of piperidine rings is 1. The zero-order valence-electron chi connectivity index (χ0n) is 11.2. The van der Waals surface area contributed by atoms with Gasteiger partial charge in [-0.1, -0.05) is 37.3 Å². The second kappa shape index (κ2) is 5.83. The molecule has 0 radical (unpaired) electrons. The van der Waals surface area contributed by atoms with Crippen molar-refractivity contribution < 1.29 is 5.11 Å². The Balaban J connectivity index is 2.11. The van der Waals surface area contributed by atoms with Crippen LogP contribution in [-0.2, 0) is 6.54 Å². The average molecular weight is 248 g/mol. The highest BCUT2D eigenvalue weighted by Crippen LogP contribution is 2.30. The van der Waals surface area contributed by atoms with Crippen LogP contribution < -0.4 is 5.73 Å². The van der Waals surface area contributed by atoms with E-state index in [9.17, 15) is 5.11 Å². The van der Waals surface area contributed by atoms with Crippen molar-refractivity contribution >= 4 is 0 Å². The molecule has 0 saturated carbocycles. The maximum Gasteiger partial charge on any atom is 0.0924 e.